The van der Waals surface area contributed by atoms with Crippen molar-refractivity contribution < 1.29 is 23.4 Å². The maximum absolute atomic E-state index is 13.9. The standard InChI is InChI=1S/C21H23F2N3O3S/c1-13-19(21(28)25-14(11-27)8-10-30-2)26-9-4-7-18(20(26)24-13)29-12-15-16(22)5-3-6-17(15)23/h3-7,9,14,27H,8,10-12H2,1-2H3,(H,25,28)/t14-/m1/s1. The van der Waals surface area contributed by atoms with E-state index in [1.807, 2.05) is 6.26 Å². The first-order valence-corrected chi connectivity index (χ1v) is 10.8. The fourth-order valence-corrected chi connectivity index (χ4v) is 3.61. The number of halogens is 2. The molecule has 3 rings (SSSR count). The van der Waals surface area contributed by atoms with Gasteiger partial charge in [0, 0.05) is 6.20 Å². The Hall–Kier alpha value is -2.65. The molecule has 160 valence electrons. The van der Waals surface area contributed by atoms with Crippen molar-refractivity contribution in [1.29, 1.82) is 0 Å². The van der Waals surface area contributed by atoms with Gasteiger partial charge < -0.3 is 15.2 Å². The van der Waals surface area contributed by atoms with Crippen molar-refractivity contribution in [3.8, 4) is 5.75 Å². The molecule has 6 nitrogen and oxygen atoms in total. The number of hydrogen-bond donors (Lipinski definition) is 2. The molecule has 2 heterocycles. The molecule has 0 aliphatic carbocycles. The van der Waals surface area contributed by atoms with E-state index in [9.17, 15) is 18.7 Å². The zero-order valence-electron chi connectivity index (χ0n) is 16.7. The van der Waals surface area contributed by atoms with Crippen LogP contribution in [0.5, 0.6) is 5.75 Å². The van der Waals surface area contributed by atoms with E-state index in [4.69, 9.17) is 4.74 Å². The summed E-state index contributed by atoms with van der Waals surface area (Å²) in [5.41, 5.74) is 0.971. The third kappa shape index (κ3) is 4.73. The van der Waals surface area contributed by atoms with Gasteiger partial charge >= 0.3 is 0 Å². The molecule has 1 amide bonds. The van der Waals surface area contributed by atoms with E-state index in [1.54, 1.807) is 41.4 Å². The van der Waals surface area contributed by atoms with Crippen LogP contribution in [0.2, 0.25) is 0 Å². The fraction of sp³-hybridized carbons (Fsp3) is 0.333. The fourth-order valence-electron chi connectivity index (χ4n) is 3.09. The minimum atomic E-state index is -0.693. The number of nitrogens with one attached hydrogen (secondary N) is 1. The topological polar surface area (TPSA) is 75.9 Å². The molecular formula is C21H23F2N3O3S. The van der Waals surface area contributed by atoms with E-state index >= 15 is 0 Å². The summed E-state index contributed by atoms with van der Waals surface area (Å²) in [5, 5.41) is 12.3. The number of aliphatic hydroxyl groups is 1. The van der Waals surface area contributed by atoms with E-state index in [-0.39, 0.29) is 30.7 Å². The summed E-state index contributed by atoms with van der Waals surface area (Å²) >= 11 is 1.63. The lowest BCUT2D eigenvalue weighted by molar-refractivity contribution is 0.0908. The van der Waals surface area contributed by atoms with Gasteiger partial charge in [0.25, 0.3) is 5.91 Å². The SMILES string of the molecule is CSCC[C@H](CO)NC(=O)c1c(C)nc2c(OCc3c(F)cccc3F)cccn12. The minimum Gasteiger partial charge on any atom is -0.485 e. The lowest BCUT2D eigenvalue weighted by Gasteiger charge is -2.16. The summed E-state index contributed by atoms with van der Waals surface area (Å²) in [6.45, 7) is 1.22. The third-order valence-corrected chi connectivity index (χ3v) is 5.31. The number of nitrogens with zero attached hydrogens (tertiary/aromatic N) is 2. The van der Waals surface area contributed by atoms with Gasteiger partial charge in [-0.2, -0.15) is 11.8 Å². The van der Waals surface area contributed by atoms with Crippen LogP contribution >= 0.6 is 11.8 Å². The number of imidazole rings is 1. The molecule has 30 heavy (non-hydrogen) atoms. The number of pyridine rings is 1. The van der Waals surface area contributed by atoms with Crippen LogP contribution in [-0.2, 0) is 6.61 Å². The Morgan fingerprint density at radius 3 is 2.70 bits per heavy atom. The molecule has 0 radical (unpaired) electrons. The van der Waals surface area contributed by atoms with Crippen LogP contribution < -0.4 is 10.1 Å². The van der Waals surface area contributed by atoms with Crippen LogP contribution in [-0.4, -0.2) is 45.1 Å². The monoisotopic (exact) mass is 435 g/mol. The Kier molecular flexibility index (Phi) is 7.28. The summed E-state index contributed by atoms with van der Waals surface area (Å²) < 4.78 is 34.9. The molecule has 0 aliphatic heterocycles. The highest BCUT2D eigenvalue weighted by molar-refractivity contribution is 7.98. The molecule has 0 unspecified atom stereocenters. The van der Waals surface area contributed by atoms with Crippen molar-refractivity contribution >= 4 is 23.3 Å². The minimum absolute atomic E-state index is 0.162. The quantitative estimate of drug-likeness (QED) is 0.539. The highest BCUT2D eigenvalue weighted by Gasteiger charge is 2.21. The lowest BCUT2D eigenvalue weighted by atomic mass is 10.2. The van der Waals surface area contributed by atoms with Gasteiger partial charge in [0.2, 0.25) is 0 Å². The van der Waals surface area contributed by atoms with Crippen molar-refractivity contribution in [2.75, 3.05) is 18.6 Å². The van der Waals surface area contributed by atoms with Gasteiger partial charge in [-0.05, 0) is 49.6 Å². The van der Waals surface area contributed by atoms with Gasteiger partial charge in [-0.25, -0.2) is 13.8 Å². The average Bonchev–Trinajstić information content (AvgIpc) is 3.07. The molecule has 9 heteroatoms. The number of carbonyl (C=O) groups is 1. The van der Waals surface area contributed by atoms with Crippen molar-refractivity contribution in [1.82, 2.24) is 14.7 Å². The van der Waals surface area contributed by atoms with Crippen LogP contribution in [0.1, 0.15) is 28.2 Å². The number of hydrogen-bond acceptors (Lipinski definition) is 5. The largest absolute Gasteiger partial charge is 0.485 e. The van der Waals surface area contributed by atoms with Crippen LogP contribution in [0, 0.1) is 18.6 Å². The van der Waals surface area contributed by atoms with Gasteiger partial charge in [-0.15, -0.1) is 0 Å². The second-order valence-corrected chi connectivity index (χ2v) is 7.72. The second-order valence-electron chi connectivity index (χ2n) is 6.74. The highest BCUT2D eigenvalue weighted by Crippen LogP contribution is 2.24. The van der Waals surface area contributed by atoms with Crippen LogP contribution in [0.4, 0.5) is 8.78 Å². The van der Waals surface area contributed by atoms with Crippen molar-refractivity contribution in [2.45, 2.75) is 26.0 Å². The molecule has 2 aromatic heterocycles. The number of aryl methyl sites for hydroxylation is 1. The Morgan fingerprint density at radius 2 is 2.03 bits per heavy atom. The van der Waals surface area contributed by atoms with E-state index in [0.717, 1.165) is 5.75 Å². The van der Waals surface area contributed by atoms with Crippen LogP contribution in [0.15, 0.2) is 36.5 Å². The summed E-state index contributed by atoms with van der Waals surface area (Å²) in [7, 11) is 0. The highest BCUT2D eigenvalue weighted by atomic mass is 32.2. The Bertz CT molecular complexity index is 1020. The molecule has 0 aliphatic rings. The molecular weight excluding hydrogens is 412 g/mol. The predicted molar refractivity (Wildman–Crippen MR) is 112 cm³/mol. The van der Waals surface area contributed by atoms with Crippen molar-refractivity contribution in [3.63, 3.8) is 0 Å². The smallest absolute Gasteiger partial charge is 0.270 e. The lowest BCUT2D eigenvalue weighted by Crippen LogP contribution is -2.38. The van der Waals surface area contributed by atoms with Gasteiger partial charge in [0.15, 0.2) is 11.4 Å². The Balaban J connectivity index is 1.85. The summed E-state index contributed by atoms with van der Waals surface area (Å²) in [4.78, 5) is 17.2. The van der Waals surface area contributed by atoms with Crippen molar-refractivity contribution in [2.24, 2.45) is 0 Å². The second kappa shape index (κ2) is 9.90. The zero-order valence-corrected chi connectivity index (χ0v) is 17.5. The number of carbonyl (C=O) groups excluding carboxylic acids is 1. The summed E-state index contributed by atoms with van der Waals surface area (Å²) in [6.07, 6.45) is 4.26. The first kappa shape index (κ1) is 22.0. The number of fused-ring (bicyclic) bond motifs is 1. The molecule has 0 fully saturated rings. The maximum Gasteiger partial charge on any atom is 0.270 e. The number of aromatic nitrogens is 2. The number of ether oxygens (including phenoxy) is 1. The summed E-state index contributed by atoms with van der Waals surface area (Å²) in [6, 6.07) is 6.54. The molecule has 1 aromatic carbocycles. The average molecular weight is 435 g/mol. The molecule has 0 bridgehead atoms. The summed E-state index contributed by atoms with van der Waals surface area (Å²) in [5.74, 6) is -0.646. The number of aliphatic hydroxyl groups excluding tert-OH is 1. The van der Waals surface area contributed by atoms with Gasteiger partial charge in [0.1, 0.15) is 23.9 Å². The van der Waals surface area contributed by atoms with Crippen LogP contribution in [0.3, 0.4) is 0 Å². The molecule has 1 atom stereocenters. The number of benzene rings is 1. The van der Waals surface area contributed by atoms with E-state index in [1.165, 1.54) is 18.2 Å². The maximum atomic E-state index is 13.9. The number of rotatable bonds is 9. The first-order valence-electron chi connectivity index (χ1n) is 9.40. The number of thioether (sulfide) groups is 1. The van der Waals surface area contributed by atoms with E-state index in [0.29, 0.717) is 29.2 Å². The third-order valence-electron chi connectivity index (χ3n) is 4.66. The van der Waals surface area contributed by atoms with E-state index in [2.05, 4.69) is 10.3 Å². The predicted octanol–water partition coefficient (Wildman–Crippen LogP) is 3.34. The van der Waals surface area contributed by atoms with Gasteiger partial charge in [-0.3, -0.25) is 9.20 Å². The molecule has 3 aromatic rings. The molecule has 0 saturated carbocycles. The molecule has 0 spiro atoms. The normalized spacial score (nSPS) is 12.2. The van der Waals surface area contributed by atoms with Gasteiger partial charge in [0.05, 0.1) is 23.9 Å². The van der Waals surface area contributed by atoms with Gasteiger partial charge in [-0.1, -0.05) is 6.07 Å². The number of amides is 1. The Labute approximate surface area is 177 Å². The molecule has 2 N–H and O–H groups in total. The zero-order chi connectivity index (χ0) is 21.7. The van der Waals surface area contributed by atoms with E-state index < -0.39 is 11.6 Å². The first-order chi connectivity index (χ1) is 14.5. The Morgan fingerprint density at radius 1 is 1.30 bits per heavy atom. The van der Waals surface area contributed by atoms with Crippen LogP contribution in [0.25, 0.3) is 5.65 Å². The molecule has 0 saturated heterocycles. The van der Waals surface area contributed by atoms with Crippen molar-refractivity contribution in [3.05, 3.63) is 65.1 Å².